The van der Waals surface area contributed by atoms with Crippen LogP contribution >= 0.6 is 0 Å². The van der Waals surface area contributed by atoms with Crippen LogP contribution in [0.25, 0.3) is 0 Å². The Balaban J connectivity index is 2.85. The van der Waals surface area contributed by atoms with Crippen molar-refractivity contribution in [3.05, 3.63) is 17.7 Å². The lowest BCUT2D eigenvalue weighted by Gasteiger charge is -2.16. The second-order valence-corrected chi connectivity index (χ2v) is 3.85. The second-order valence-electron chi connectivity index (χ2n) is 3.85. The number of nitrogens with one attached hydrogen (secondary N) is 1. The van der Waals surface area contributed by atoms with E-state index >= 15 is 0 Å². The van der Waals surface area contributed by atoms with E-state index in [4.69, 9.17) is 20.3 Å². The molecule has 0 saturated heterocycles. The van der Waals surface area contributed by atoms with Crippen LogP contribution in [0.1, 0.15) is 5.56 Å². The number of aliphatic hydroxyl groups excluding tert-OH is 1. The van der Waals surface area contributed by atoms with E-state index in [2.05, 4.69) is 5.32 Å². The number of ether oxygens (including phenoxy) is 2. The van der Waals surface area contributed by atoms with E-state index in [0.29, 0.717) is 18.0 Å². The Kier molecular flexibility index (Phi) is 5.06. The van der Waals surface area contributed by atoms with Crippen molar-refractivity contribution in [1.82, 2.24) is 0 Å². The number of methoxy groups -OCH3 is 2. The van der Waals surface area contributed by atoms with Crippen molar-refractivity contribution in [2.24, 2.45) is 5.73 Å². The van der Waals surface area contributed by atoms with E-state index in [9.17, 15) is 0 Å². The molecule has 1 atom stereocenters. The SMILES string of the molecule is COc1cc(C)c(NCC(N)CO)cc1OC. The van der Waals surface area contributed by atoms with E-state index in [0.717, 1.165) is 11.3 Å². The summed E-state index contributed by atoms with van der Waals surface area (Å²) in [6, 6.07) is 3.48. The van der Waals surface area contributed by atoms with E-state index in [-0.39, 0.29) is 12.6 Å². The first-order chi connectivity index (χ1) is 8.12. The highest BCUT2D eigenvalue weighted by atomic mass is 16.5. The summed E-state index contributed by atoms with van der Waals surface area (Å²) in [4.78, 5) is 0. The predicted octanol–water partition coefficient (Wildman–Crippen LogP) is 0.744. The molecule has 0 aliphatic rings. The van der Waals surface area contributed by atoms with Crippen molar-refractivity contribution in [3.8, 4) is 11.5 Å². The van der Waals surface area contributed by atoms with Gasteiger partial charge in [-0.05, 0) is 18.6 Å². The molecule has 0 aliphatic carbocycles. The van der Waals surface area contributed by atoms with Crippen molar-refractivity contribution in [2.45, 2.75) is 13.0 Å². The fraction of sp³-hybridized carbons (Fsp3) is 0.500. The van der Waals surface area contributed by atoms with E-state index in [1.807, 2.05) is 19.1 Å². The molecule has 5 nitrogen and oxygen atoms in total. The van der Waals surface area contributed by atoms with Crippen LogP contribution in [0.15, 0.2) is 12.1 Å². The molecule has 0 heterocycles. The molecule has 0 bridgehead atoms. The summed E-state index contributed by atoms with van der Waals surface area (Å²) in [5.74, 6) is 1.36. The molecule has 0 aromatic heterocycles. The molecule has 4 N–H and O–H groups in total. The standard InChI is InChI=1S/C12H20N2O3/c1-8-4-11(16-2)12(17-3)5-10(8)14-6-9(13)7-15/h4-5,9,14-15H,6-7,13H2,1-3H3. The molecule has 17 heavy (non-hydrogen) atoms. The first-order valence-electron chi connectivity index (χ1n) is 5.45. The zero-order valence-electron chi connectivity index (χ0n) is 10.5. The summed E-state index contributed by atoms with van der Waals surface area (Å²) in [7, 11) is 3.20. The minimum absolute atomic E-state index is 0.0423. The van der Waals surface area contributed by atoms with Gasteiger partial charge in [-0.15, -0.1) is 0 Å². The highest BCUT2D eigenvalue weighted by Gasteiger charge is 2.09. The number of aliphatic hydroxyl groups is 1. The summed E-state index contributed by atoms with van der Waals surface area (Å²) >= 11 is 0. The molecule has 0 radical (unpaired) electrons. The first kappa shape index (κ1) is 13.6. The minimum Gasteiger partial charge on any atom is -0.493 e. The first-order valence-corrected chi connectivity index (χ1v) is 5.45. The fourth-order valence-corrected chi connectivity index (χ4v) is 1.48. The summed E-state index contributed by atoms with van der Waals surface area (Å²) in [5, 5.41) is 12.0. The highest BCUT2D eigenvalue weighted by molar-refractivity contribution is 5.60. The molecule has 1 aromatic rings. The van der Waals surface area contributed by atoms with Crippen LogP contribution in [-0.2, 0) is 0 Å². The Labute approximate surface area is 102 Å². The van der Waals surface area contributed by atoms with Gasteiger partial charge < -0.3 is 25.6 Å². The van der Waals surface area contributed by atoms with Crippen LogP contribution in [0.3, 0.4) is 0 Å². The summed E-state index contributed by atoms with van der Waals surface area (Å²) < 4.78 is 10.4. The molecular formula is C12H20N2O3. The number of hydrogen-bond acceptors (Lipinski definition) is 5. The van der Waals surface area contributed by atoms with Gasteiger partial charge in [0.1, 0.15) is 0 Å². The third-order valence-electron chi connectivity index (χ3n) is 2.52. The third-order valence-corrected chi connectivity index (χ3v) is 2.52. The van der Waals surface area contributed by atoms with Crippen molar-refractivity contribution in [2.75, 3.05) is 32.7 Å². The molecular weight excluding hydrogens is 220 g/mol. The van der Waals surface area contributed by atoms with Gasteiger partial charge in [-0.1, -0.05) is 0 Å². The van der Waals surface area contributed by atoms with Crippen molar-refractivity contribution in [1.29, 1.82) is 0 Å². The molecule has 5 heteroatoms. The fourth-order valence-electron chi connectivity index (χ4n) is 1.48. The Morgan fingerprint density at radius 2 is 1.88 bits per heavy atom. The van der Waals surface area contributed by atoms with Crippen LogP contribution in [0.4, 0.5) is 5.69 Å². The van der Waals surface area contributed by atoms with Gasteiger partial charge in [0.05, 0.1) is 20.8 Å². The predicted molar refractivity (Wildman–Crippen MR) is 67.8 cm³/mol. The monoisotopic (exact) mass is 240 g/mol. The minimum atomic E-state index is -0.275. The van der Waals surface area contributed by atoms with Gasteiger partial charge in [0.25, 0.3) is 0 Å². The zero-order valence-corrected chi connectivity index (χ0v) is 10.5. The number of anilines is 1. The molecule has 0 aliphatic heterocycles. The largest absolute Gasteiger partial charge is 0.493 e. The van der Waals surface area contributed by atoms with E-state index in [1.165, 1.54) is 0 Å². The van der Waals surface area contributed by atoms with Crippen LogP contribution in [-0.4, -0.2) is 38.5 Å². The molecule has 0 spiro atoms. The van der Waals surface area contributed by atoms with Crippen molar-refractivity contribution in [3.63, 3.8) is 0 Å². The Morgan fingerprint density at radius 1 is 1.29 bits per heavy atom. The van der Waals surface area contributed by atoms with Gasteiger partial charge in [0.15, 0.2) is 11.5 Å². The zero-order chi connectivity index (χ0) is 12.8. The molecule has 1 aromatic carbocycles. The second kappa shape index (κ2) is 6.32. The molecule has 1 rings (SSSR count). The van der Waals surface area contributed by atoms with Crippen molar-refractivity contribution < 1.29 is 14.6 Å². The summed E-state index contributed by atoms with van der Waals surface area (Å²) in [6.07, 6.45) is 0. The van der Waals surface area contributed by atoms with Gasteiger partial charge in [0.2, 0.25) is 0 Å². The van der Waals surface area contributed by atoms with Gasteiger partial charge in [-0.25, -0.2) is 0 Å². The quantitative estimate of drug-likeness (QED) is 0.684. The lowest BCUT2D eigenvalue weighted by atomic mass is 10.1. The lowest BCUT2D eigenvalue weighted by Crippen LogP contribution is -2.32. The van der Waals surface area contributed by atoms with Gasteiger partial charge in [-0.2, -0.15) is 0 Å². The van der Waals surface area contributed by atoms with E-state index < -0.39 is 0 Å². The number of nitrogens with two attached hydrogens (primary N) is 1. The number of benzene rings is 1. The number of aryl methyl sites for hydroxylation is 1. The molecule has 0 saturated carbocycles. The number of rotatable bonds is 6. The number of hydrogen-bond donors (Lipinski definition) is 3. The lowest BCUT2D eigenvalue weighted by molar-refractivity contribution is 0.270. The Bertz CT molecular complexity index is 369. The molecule has 1 unspecified atom stereocenters. The topological polar surface area (TPSA) is 76.7 Å². The smallest absolute Gasteiger partial charge is 0.162 e. The summed E-state index contributed by atoms with van der Waals surface area (Å²) in [6.45, 7) is 2.43. The van der Waals surface area contributed by atoms with Crippen LogP contribution in [0.2, 0.25) is 0 Å². The molecule has 0 amide bonds. The average molecular weight is 240 g/mol. The molecule has 96 valence electrons. The normalized spacial score (nSPS) is 12.1. The van der Waals surface area contributed by atoms with Crippen LogP contribution in [0.5, 0.6) is 11.5 Å². The Hall–Kier alpha value is -1.46. The van der Waals surface area contributed by atoms with Gasteiger partial charge in [-0.3, -0.25) is 0 Å². The van der Waals surface area contributed by atoms with E-state index in [1.54, 1.807) is 14.2 Å². The van der Waals surface area contributed by atoms with Crippen molar-refractivity contribution >= 4 is 5.69 Å². The average Bonchev–Trinajstić information content (AvgIpc) is 2.36. The maximum absolute atomic E-state index is 8.86. The van der Waals surface area contributed by atoms with Crippen LogP contribution in [0, 0.1) is 6.92 Å². The Morgan fingerprint density at radius 3 is 2.41 bits per heavy atom. The maximum atomic E-state index is 8.86. The molecule has 0 fully saturated rings. The summed E-state index contributed by atoms with van der Waals surface area (Å²) in [5.41, 5.74) is 7.59. The van der Waals surface area contributed by atoms with Crippen LogP contribution < -0.4 is 20.5 Å². The maximum Gasteiger partial charge on any atom is 0.162 e. The third kappa shape index (κ3) is 3.51. The van der Waals surface area contributed by atoms with Gasteiger partial charge >= 0.3 is 0 Å². The van der Waals surface area contributed by atoms with Gasteiger partial charge in [0, 0.05) is 24.3 Å². The highest BCUT2D eigenvalue weighted by Crippen LogP contribution is 2.32.